The summed E-state index contributed by atoms with van der Waals surface area (Å²) >= 11 is 5.22. The minimum absolute atomic E-state index is 0.178. The molecule has 2 aromatic carbocycles. The molecule has 1 unspecified atom stereocenters. The van der Waals surface area contributed by atoms with Crippen LogP contribution in [0, 0.1) is 0 Å². The largest absolute Gasteiger partial charge is 0.496 e. The molecule has 4 heteroatoms. The van der Waals surface area contributed by atoms with Gasteiger partial charge in [0.25, 0.3) is 0 Å². The fraction of sp³-hybridized carbons (Fsp3) is 0.125. The van der Waals surface area contributed by atoms with Crippen LogP contribution in [-0.4, -0.2) is 7.11 Å². The van der Waals surface area contributed by atoms with E-state index in [0.717, 1.165) is 20.7 Å². The van der Waals surface area contributed by atoms with E-state index in [2.05, 4.69) is 40.2 Å². The second-order valence-corrected chi connectivity index (χ2v) is 6.32. The molecule has 0 spiro atoms. The Morgan fingerprint density at radius 2 is 1.85 bits per heavy atom. The van der Waals surface area contributed by atoms with Crippen molar-refractivity contribution in [1.29, 1.82) is 0 Å². The van der Waals surface area contributed by atoms with Gasteiger partial charge in [-0.25, -0.2) is 0 Å². The molecule has 0 radical (unpaired) electrons. The minimum Gasteiger partial charge on any atom is -0.496 e. The van der Waals surface area contributed by atoms with Crippen LogP contribution in [0.3, 0.4) is 0 Å². The lowest BCUT2D eigenvalue weighted by molar-refractivity contribution is 0.411. The quantitative estimate of drug-likeness (QED) is 0.743. The van der Waals surface area contributed by atoms with Gasteiger partial charge in [-0.05, 0) is 33.8 Å². The number of halogens is 1. The predicted molar refractivity (Wildman–Crippen MR) is 88.5 cm³/mol. The number of fused-ring (bicyclic) bond motifs is 1. The number of benzene rings is 2. The summed E-state index contributed by atoms with van der Waals surface area (Å²) in [5.74, 6) is 0.856. The van der Waals surface area contributed by atoms with E-state index in [4.69, 9.17) is 10.5 Å². The first kappa shape index (κ1) is 13.6. The summed E-state index contributed by atoms with van der Waals surface area (Å²) in [6, 6.07) is 14.2. The number of hydrogen-bond donors (Lipinski definition) is 1. The summed E-state index contributed by atoms with van der Waals surface area (Å²) in [6.45, 7) is 0. The van der Waals surface area contributed by atoms with E-state index in [1.807, 2.05) is 23.6 Å². The Labute approximate surface area is 130 Å². The molecule has 2 N–H and O–H groups in total. The van der Waals surface area contributed by atoms with Gasteiger partial charge in [-0.1, -0.05) is 46.3 Å². The number of hydrogen-bond acceptors (Lipinski definition) is 3. The summed E-state index contributed by atoms with van der Waals surface area (Å²) in [4.78, 5) is 1.06. The van der Waals surface area contributed by atoms with Crippen molar-refractivity contribution in [3.63, 3.8) is 0 Å². The van der Waals surface area contributed by atoms with E-state index < -0.39 is 0 Å². The standard InChI is InChI=1S/C16H14BrNOS/c1-19-14-8-9-20-16(14)15(18)12-6-7-13(17)11-5-3-2-4-10(11)12/h2-9,15H,18H2,1H3. The molecule has 0 aliphatic heterocycles. The molecular weight excluding hydrogens is 334 g/mol. The average molecular weight is 348 g/mol. The van der Waals surface area contributed by atoms with Gasteiger partial charge in [0.15, 0.2) is 0 Å². The van der Waals surface area contributed by atoms with Crippen LogP contribution in [0.15, 0.2) is 52.3 Å². The van der Waals surface area contributed by atoms with Gasteiger partial charge in [0, 0.05) is 4.47 Å². The first-order chi connectivity index (χ1) is 9.72. The van der Waals surface area contributed by atoms with Crippen LogP contribution in [-0.2, 0) is 0 Å². The number of thiophene rings is 1. The van der Waals surface area contributed by atoms with Crippen LogP contribution in [0.25, 0.3) is 10.8 Å². The Kier molecular flexibility index (Phi) is 3.78. The van der Waals surface area contributed by atoms with Gasteiger partial charge in [0.1, 0.15) is 5.75 Å². The maximum atomic E-state index is 6.47. The van der Waals surface area contributed by atoms with Crippen molar-refractivity contribution in [3.8, 4) is 5.75 Å². The first-order valence-corrected chi connectivity index (χ1v) is 7.93. The summed E-state index contributed by atoms with van der Waals surface area (Å²) in [5, 5.41) is 4.36. The van der Waals surface area contributed by atoms with Crippen LogP contribution >= 0.6 is 27.3 Å². The Balaban J connectivity index is 2.17. The molecule has 0 saturated carbocycles. The summed E-state index contributed by atoms with van der Waals surface area (Å²) in [6.07, 6.45) is 0. The molecule has 0 amide bonds. The minimum atomic E-state index is -0.178. The number of methoxy groups -OCH3 is 1. The monoisotopic (exact) mass is 347 g/mol. The van der Waals surface area contributed by atoms with Gasteiger partial charge in [0.2, 0.25) is 0 Å². The van der Waals surface area contributed by atoms with Crippen molar-refractivity contribution < 1.29 is 4.74 Å². The SMILES string of the molecule is COc1ccsc1C(N)c1ccc(Br)c2ccccc12. The smallest absolute Gasteiger partial charge is 0.134 e. The van der Waals surface area contributed by atoms with E-state index in [0.29, 0.717) is 0 Å². The Hall–Kier alpha value is -1.36. The van der Waals surface area contributed by atoms with Crippen molar-refractivity contribution in [3.05, 3.63) is 62.8 Å². The highest BCUT2D eigenvalue weighted by atomic mass is 79.9. The van der Waals surface area contributed by atoms with Gasteiger partial charge in [-0.2, -0.15) is 0 Å². The molecule has 102 valence electrons. The van der Waals surface area contributed by atoms with E-state index in [9.17, 15) is 0 Å². The lowest BCUT2D eigenvalue weighted by atomic mass is 9.98. The third kappa shape index (κ3) is 2.24. The van der Waals surface area contributed by atoms with Crippen LogP contribution < -0.4 is 10.5 Å². The van der Waals surface area contributed by atoms with Crippen LogP contribution in [0.4, 0.5) is 0 Å². The molecule has 1 aromatic heterocycles. The summed E-state index contributed by atoms with van der Waals surface area (Å²) < 4.78 is 6.47. The van der Waals surface area contributed by atoms with Crippen molar-refractivity contribution in [2.24, 2.45) is 5.73 Å². The zero-order valence-corrected chi connectivity index (χ0v) is 13.4. The fourth-order valence-electron chi connectivity index (χ4n) is 2.40. The molecule has 0 aliphatic rings. The van der Waals surface area contributed by atoms with Crippen molar-refractivity contribution in [2.45, 2.75) is 6.04 Å². The van der Waals surface area contributed by atoms with Gasteiger partial charge in [0.05, 0.1) is 18.0 Å². The molecule has 20 heavy (non-hydrogen) atoms. The van der Waals surface area contributed by atoms with Crippen LogP contribution in [0.1, 0.15) is 16.5 Å². The Morgan fingerprint density at radius 1 is 1.10 bits per heavy atom. The molecule has 0 bridgehead atoms. The normalized spacial score (nSPS) is 12.6. The third-order valence-electron chi connectivity index (χ3n) is 3.40. The molecule has 1 heterocycles. The molecule has 1 atom stereocenters. The van der Waals surface area contributed by atoms with Gasteiger partial charge < -0.3 is 10.5 Å². The summed E-state index contributed by atoms with van der Waals surface area (Å²) in [7, 11) is 1.68. The lowest BCUT2D eigenvalue weighted by Crippen LogP contribution is -2.11. The average Bonchev–Trinajstić information content (AvgIpc) is 2.96. The second kappa shape index (κ2) is 5.56. The molecule has 2 nitrogen and oxygen atoms in total. The number of ether oxygens (including phenoxy) is 1. The molecule has 0 fully saturated rings. The maximum absolute atomic E-state index is 6.47. The highest BCUT2D eigenvalue weighted by molar-refractivity contribution is 9.10. The van der Waals surface area contributed by atoms with Crippen molar-refractivity contribution >= 4 is 38.0 Å². The van der Waals surface area contributed by atoms with E-state index in [1.165, 1.54) is 10.8 Å². The van der Waals surface area contributed by atoms with E-state index >= 15 is 0 Å². The number of rotatable bonds is 3. The van der Waals surface area contributed by atoms with Gasteiger partial charge in [-0.15, -0.1) is 11.3 Å². The molecule has 3 aromatic rings. The molecular formula is C16H14BrNOS. The van der Waals surface area contributed by atoms with Gasteiger partial charge in [-0.3, -0.25) is 0 Å². The highest BCUT2D eigenvalue weighted by Gasteiger charge is 2.18. The topological polar surface area (TPSA) is 35.2 Å². The summed E-state index contributed by atoms with van der Waals surface area (Å²) in [5.41, 5.74) is 7.58. The Bertz CT molecular complexity index is 753. The Morgan fingerprint density at radius 3 is 2.60 bits per heavy atom. The lowest BCUT2D eigenvalue weighted by Gasteiger charge is -2.15. The van der Waals surface area contributed by atoms with Crippen LogP contribution in [0.2, 0.25) is 0 Å². The van der Waals surface area contributed by atoms with E-state index in [-0.39, 0.29) is 6.04 Å². The predicted octanol–water partition coefficient (Wildman–Crippen LogP) is 4.72. The second-order valence-electron chi connectivity index (χ2n) is 4.51. The third-order valence-corrected chi connectivity index (χ3v) is 5.07. The van der Waals surface area contributed by atoms with E-state index in [1.54, 1.807) is 18.4 Å². The first-order valence-electron chi connectivity index (χ1n) is 6.26. The highest BCUT2D eigenvalue weighted by Crippen LogP contribution is 2.37. The molecule has 3 rings (SSSR count). The van der Waals surface area contributed by atoms with Crippen molar-refractivity contribution in [2.75, 3.05) is 7.11 Å². The number of nitrogens with two attached hydrogens (primary N) is 1. The van der Waals surface area contributed by atoms with Crippen molar-refractivity contribution in [1.82, 2.24) is 0 Å². The van der Waals surface area contributed by atoms with Gasteiger partial charge >= 0.3 is 0 Å². The molecule has 0 aliphatic carbocycles. The fourth-order valence-corrected chi connectivity index (χ4v) is 3.76. The zero-order chi connectivity index (χ0) is 14.1. The zero-order valence-electron chi connectivity index (χ0n) is 11.0. The van der Waals surface area contributed by atoms with Crippen LogP contribution in [0.5, 0.6) is 5.75 Å². The molecule has 0 saturated heterocycles. The maximum Gasteiger partial charge on any atom is 0.134 e.